The summed E-state index contributed by atoms with van der Waals surface area (Å²) in [5, 5.41) is 0. The molecule has 10 heavy (non-hydrogen) atoms. The lowest BCUT2D eigenvalue weighted by molar-refractivity contribution is 0.906. The molecule has 0 aromatic heterocycles. The third-order valence-corrected chi connectivity index (χ3v) is 1.81. The highest BCUT2D eigenvalue weighted by Crippen LogP contribution is 2.25. The molecule has 0 spiro atoms. The van der Waals surface area contributed by atoms with E-state index in [1.807, 2.05) is 6.08 Å². The Hall–Kier alpha value is -0.780. The van der Waals surface area contributed by atoms with Crippen LogP contribution in [0.5, 0.6) is 0 Å². The quantitative estimate of drug-likeness (QED) is 0.508. The molecule has 0 saturated carbocycles. The Kier molecular flexibility index (Phi) is 2.49. The van der Waals surface area contributed by atoms with Crippen LogP contribution in [-0.2, 0) is 0 Å². The minimum absolute atomic E-state index is 1.18. The van der Waals surface area contributed by atoms with Gasteiger partial charge in [0, 0.05) is 0 Å². The molecule has 0 amide bonds. The molecule has 0 nitrogen and oxygen atoms in total. The molecule has 0 unspecified atom stereocenters. The van der Waals surface area contributed by atoms with E-state index in [0.717, 1.165) is 0 Å². The zero-order valence-corrected chi connectivity index (χ0v) is 6.27. The lowest BCUT2D eigenvalue weighted by atomic mass is 10.1. The average Bonchev–Trinajstić information content (AvgIpc) is 2.31. The van der Waals surface area contributed by atoms with Crippen LogP contribution < -0.4 is 0 Å². The Balaban J connectivity index is 2.62. The van der Waals surface area contributed by atoms with Gasteiger partial charge < -0.3 is 0 Å². The molecule has 0 N–H and O–H groups in total. The highest BCUT2D eigenvalue weighted by molar-refractivity contribution is 5.32. The third kappa shape index (κ3) is 1.60. The van der Waals surface area contributed by atoms with Gasteiger partial charge in [-0.15, -0.1) is 0 Å². The zero-order valence-electron chi connectivity index (χ0n) is 6.27. The molecule has 0 heteroatoms. The molecular formula is C10H13. The first-order chi connectivity index (χ1) is 4.84. The first-order valence-electron chi connectivity index (χ1n) is 3.67. The van der Waals surface area contributed by atoms with Crippen LogP contribution in [-0.4, -0.2) is 0 Å². The maximum absolute atomic E-state index is 3.97. The number of hydrogen-bond acceptors (Lipinski definition) is 0. The first-order valence-corrected chi connectivity index (χ1v) is 3.67. The number of allylic oxidation sites excluding steroid dienone is 5. The van der Waals surface area contributed by atoms with Gasteiger partial charge in [0.05, 0.1) is 0 Å². The standard InChI is InChI=1S/C10H13/c1-3-4-7-10-8-5-6-9(10)2/h3-4,7H,1-2,5-6,8H2/b7-4-. The molecule has 0 aromatic rings. The monoisotopic (exact) mass is 133 g/mol. The average molecular weight is 133 g/mol. The summed E-state index contributed by atoms with van der Waals surface area (Å²) in [6.07, 6.45) is 9.54. The van der Waals surface area contributed by atoms with Crippen molar-refractivity contribution in [1.29, 1.82) is 0 Å². The molecule has 0 bridgehead atoms. The van der Waals surface area contributed by atoms with Gasteiger partial charge in [-0.2, -0.15) is 0 Å². The minimum atomic E-state index is 1.18. The summed E-state index contributed by atoms with van der Waals surface area (Å²) in [5.41, 5.74) is 2.71. The smallest absolute Gasteiger partial charge is 0.0276 e. The molecule has 0 heterocycles. The predicted molar refractivity (Wildman–Crippen MR) is 45.6 cm³/mol. The van der Waals surface area contributed by atoms with E-state index in [0.29, 0.717) is 0 Å². The van der Waals surface area contributed by atoms with Gasteiger partial charge in [0.25, 0.3) is 0 Å². The van der Waals surface area contributed by atoms with Gasteiger partial charge in [-0.05, 0) is 31.8 Å². The van der Waals surface area contributed by atoms with Crippen LogP contribution in [0.25, 0.3) is 0 Å². The van der Waals surface area contributed by atoms with Crippen LogP contribution >= 0.6 is 0 Å². The maximum Gasteiger partial charge on any atom is -0.0276 e. The minimum Gasteiger partial charge on any atom is -0.0991 e. The van der Waals surface area contributed by atoms with Crippen LogP contribution in [0.1, 0.15) is 19.3 Å². The van der Waals surface area contributed by atoms with Crippen molar-refractivity contribution in [3.8, 4) is 0 Å². The lowest BCUT2D eigenvalue weighted by Crippen LogP contribution is -1.71. The molecule has 0 aromatic carbocycles. The second kappa shape index (κ2) is 3.40. The Bertz CT molecular complexity index is 182. The second-order valence-corrected chi connectivity index (χ2v) is 2.58. The van der Waals surface area contributed by atoms with Crippen molar-refractivity contribution in [2.24, 2.45) is 0 Å². The molecule has 0 fully saturated rings. The van der Waals surface area contributed by atoms with Gasteiger partial charge in [-0.25, -0.2) is 0 Å². The summed E-state index contributed by atoms with van der Waals surface area (Å²) in [6, 6.07) is 0. The van der Waals surface area contributed by atoms with Crippen LogP contribution in [0.3, 0.4) is 0 Å². The van der Waals surface area contributed by atoms with Crippen LogP contribution in [0.4, 0.5) is 0 Å². The summed E-state index contributed by atoms with van der Waals surface area (Å²) in [7, 11) is 0. The summed E-state index contributed by atoms with van der Waals surface area (Å²) in [5.74, 6) is 0. The second-order valence-electron chi connectivity index (χ2n) is 2.58. The van der Waals surface area contributed by atoms with E-state index in [1.54, 1.807) is 6.08 Å². The van der Waals surface area contributed by atoms with E-state index in [9.17, 15) is 0 Å². The summed E-state index contributed by atoms with van der Waals surface area (Å²) >= 11 is 0. The van der Waals surface area contributed by atoms with Crippen molar-refractivity contribution in [3.63, 3.8) is 0 Å². The maximum atomic E-state index is 3.97. The Morgan fingerprint density at radius 3 is 2.60 bits per heavy atom. The van der Waals surface area contributed by atoms with E-state index in [1.165, 1.54) is 30.4 Å². The van der Waals surface area contributed by atoms with E-state index in [2.05, 4.69) is 19.6 Å². The molecule has 1 radical (unpaired) electrons. The van der Waals surface area contributed by atoms with Crippen molar-refractivity contribution in [2.45, 2.75) is 19.3 Å². The lowest BCUT2D eigenvalue weighted by Gasteiger charge is -1.91. The topological polar surface area (TPSA) is 0 Å². The van der Waals surface area contributed by atoms with Crippen molar-refractivity contribution >= 4 is 0 Å². The van der Waals surface area contributed by atoms with E-state index >= 15 is 0 Å². The fourth-order valence-corrected chi connectivity index (χ4v) is 1.21. The molecular weight excluding hydrogens is 120 g/mol. The first kappa shape index (κ1) is 7.33. The molecule has 0 aliphatic heterocycles. The molecule has 0 saturated heterocycles. The van der Waals surface area contributed by atoms with Crippen molar-refractivity contribution in [3.05, 3.63) is 42.9 Å². The van der Waals surface area contributed by atoms with Gasteiger partial charge in [0.15, 0.2) is 0 Å². The highest BCUT2D eigenvalue weighted by atomic mass is 14.1. The molecule has 0 atom stereocenters. The van der Waals surface area contributed by atoms with Gasteiger partial charge in [0.1, 0.15) is 0 Å². The third-order valence-electron chi connectivity index (χ3n) is 1.81. The Labute approximate surface area is 62.9 Å². The van der Waals surface area contributed by atoms with Gasteiger partial charge in [-0.1, -0.05) is 30.4 Å². The van der Waals surface area contributed by atoms with E-state index < -0.39 is 0 Å². The normalized spacial score (nSPS) is 18.9. The van der Waals surface area contributed by atoms with Crippen molar-refractivity contribution in [1.82, 2.24) is 0 Å². The van der Waals surface area contributed by atoms with Crippen molar-refractivity contribution in [2.75, 3.05) is 0 Å². The van der Waals surface area contributed by atoms with Gasteiger partial charge >= 0.3 is 0 Å². The SMILES string of the molecule is [CH2]C1=C(/C=C\C=C)CCC1. The Morgan fingerprint density at radius 1 is 1.30 bits per heavy atom. The summed E-state index contributed by atoms with van der Waals surface area (Å²) < 4.78 is 0. The van der Waals surface area contributed by atoms with Crippen LogP contribution in [0, 0.1) is 6.92 Å². The highest BCUT2D eigenvalue weighted by Gasteiger charge is 2.06. The van der Waals surface area contributed by atoms with E-state index in [4.69, 9.17) is 0 Å². The largest absolute Gasteiger partial charge is 0.0991 e. The fourth-order valence-electron chi connectivity index (χ4n) is 1.21. The molecule has 53 valence electrons. The molecule has 1 aliphatic rings. The zero-order chi connectivity index (χ0) is 7.40. The number of hydrogen-bond donors (Lipinski definition) is 0. The molecule has 1 aliphatic carbocycles. The Morgan fingerprint density at radius 2 is 2.10 bits per heavy atom. The van der Waals surface area contributed by atoms with Gasteiger partial charge in [-0.3, -0.25) is 0 Å². The van der Waals surface area contributed by atoms with E-state index in [-0.39, 0.29) is 0 Å². The fraction of sp³-hybridized carbons (Fsp3) is 0.300. The predicted octanol–water partition coefficient (Wildman–Crippen LogP) is 3.04. The number of rotatable bonds is 2. The van der Waals surface area contributed by atoms with Crippen molar-refractivity contribution < 1.29 is 0 Å². The van der Waals surface area contributed by atoms with Gasteiger partial charge in [0.2, 0.25) is 0 Å². The van der Waals surface area contributed by atoms with Crippen LogP contribution in [0.2, 0.25) is 0 Å². The summed E-state index contributed by atoms with van der Waals surface area (Å²) in [4.78, 5) is 0. The summed E-state index contributed by atoms with van der Waals surface area (Å²) in [6.45, 7) is 7.58. The van der Waals surface area contributed by atoms with Crippen LogP contribution in [0.15, 0.2) is 36.0 Å². The molecule has 1 rings (SSSR count).